The van der Waals surface area contributed by atoms with Gasteiger partial charge in [0.2, 0.25) is 5.91 Å². The number of aryl methyl sites for hydroxylation is 1. The molecule has 0 bridgehead atoms. The van der Waals surface area contributed by atoms with Crippen LogP contribution in [0.4, 0.5) is 0 Å². The van der Waals surface area contributed by atoms with Gasteiger partial charge in [-0.3, -0.25) is 9.78 Å². The Hall–Kier alpha value is -1.46. The molecule has 1 aromatic heterocycles. The average Bonchev–Trinajstić information content (AvgIpc) is 2.90. The number of ether oxygens (including phenoxy) is 2. The van der Waals surface area contributed by atoms with Crippen molar-refractivity contribution in [1.82, 2.24) is 10.3 Å². The molecule has 0 unspecified atom stereocenters. The number of pyridine rings is 1. The molecule has 1 amide bonds. The van der Waals surface area contributed by atoms with Crippen molar-refractivity contribution in [2.75, 3.05) is 19.8 Å². The molecule has 21 heavy (non-hydrogen) atoms. The summed E-state index contributed by atoms with van der Waals surface area (Å²) in [5.74, 6) is -0.115. The van der Waals surface area contributed by atoms with E-state index in [1.165, 1.54) is 0 Å². The second-order valence-electron chi connectivity index (χ2n) is 5.77. The molecule has 0 aliphatic carbocycles. The topological polar surface area (TPSA) is 60.5 Å². The average molecular weight is 292 g/mol. The second kappa shape index (κ2) is 7.52. The number of hydrogen-bond donors (Lipinski definition) is 1. The van der Waals surface area contributed by atoms with Crippen molar-refractivity contribution < 1.29 is 14.3 Å². The third kappa shape index (κ3) is 5.44. The Kier molecular flexibility index (Phi) is 5.70. The molecule has 0 saturated carbocycles. The van der Waals surface area contributed by atoms with Crippen LogP contribution >= 0.6 is 0 Å². The molecular formula is C16H24N2O3. The first-order chi connectivity index (χ1) is 10.1. The van der Waals surface area contributed by atoms with E-state index in [9.17, 15) is 4.79 Å². The highest BCUT2D eigenvalue weighted by Crippen LogP contribution is 2.26. The lowest BCUT2D eigenvalue weighted by Crippen LogP contribution is -2.34. The lowest BCUT2D eigenvalue weighted by atomic mass is 10.0. The Bertz CT molecular complexity index is 444. The summed E-state index contributed by atoms with van der Waals surface area (Å²) >= 11 is 0. The number of aromatic nitrogens is 1. The molecule has 0 radical (unpaired) electrons. The number of amides is 1. The summed E-state index contributed by atoms with van der Waals surface area (Å²) < 4.78 is 11.2. The molecule has 5 heteroatoms. The fraction of sp³-hybridized carbons (Fsp3) is 0.625. The Morgan fingerprint density at radius 1 is 1.43 bits per heavy atom. The summed E-state index contributed by atoms with van der Waals surface area (Å²) in [6, 6.07) is 5.75. The van der Waals surface area contributed by atoms with Crippen LogP contribution in [-0.4, -0.2) is 36.4 Å². The van der Waals surface area contributed by atoms with Crippen molar-refractivity contribution in [1.29, 1.82) is 0 Å². The number of nitrogens with zero attached hydrogens (tertiary/aromatic N) is 1. The van der Waals surface area contributed by atoms with E-state index in [1.54, 1.807) is 6.20 Å². The van der Waals surface area contributed by atoms with Crippen LogP contribution in [0.15, 0.2) is 24.4 Å². The summed E-state index contributed by atoms with van der Waals surface area (Å²) in [6.07, 6.45) is 3.67. The summed E-state index contributed by atoms with van der Waals surface area (Å²) in [5.41, 5.74) is 0.945. The van der Waals surface area contributed by atoms with Crippen LogP contribution in [0.3, 0.4) is 0 Å². The summed E-state index contributed by atoms with van der Waals surface area (Å²) in [7, 11) is 0. The Morgan fingerprint density at radius 3 is 2.86 bits per heavy atom. The molecule has 5 nitrogen and oxygen atoms in total. The van der Waals surface area contributed by atoms with Crippen LogP contribution in [0.2, 0.25) is 0 Å². The maximum Gasteiger partial charge on any atom is 0.220 e. The molecule has 1 fully saturated rings. The Labute approximate surface area is 126 Å². The van der Waals surface area contributed by atoms with E-state index >= 15 is 0 Å². The minimum absolute atomic E-state index is 0.0610. The Balaban J connectivity index is 1.64. The fourth-order valence-corrected chi connectivity index (χ4v) is 2.54. The van der Waals surface area contributed by atoms with Gasteiger partial charge in [0.25, 0.3) is 0 Å². The molecule has 0 aromatic carbocycles. The zero-order valence-electron chi connectivity index (χ0n) is 12.8. The SMILES string of the molecule is C[C@@H](CNC(=O)CCc1ccccn1)CC1(C)OCCO1. The maximum atomic E-state index is 11.8. The molecule has 2 rings (SSSR count). The molecule has 1 aromatic rings. The highest BCUT2D eigenvalue weighted by atomic mass is 16.7. The van der Waals surface area contributed by atoms with Crippen LogP contribution in [-0.2, 0) is 20.7 Å². The third-order valence-electron chi connectivity index (χ3n) is 3.60. The van der Waals surface area contributed by atoms with Gasteiger partial charge in [0.15, 0.2) is 5.79 Å². The number of carbonyl (C=O) groups is 1. The van der Waals surface area contributed by atoms with E-state index in [2.05, 4.69) is 17.2 Å². The van der Waals surface area contributed by atoms with Crippen LogP contribution in [0.5, 0.6) is 0 Å². The minimum atomic E-state index is -0.488. The van der Waals surface area contributed by atoms with Gasteiger partial charge in [-0.05, 0) is 31.4 Å². The molecule has 1 aliphatic rings. The highest BCUT2D eigenvalue weighted by molar-refractivity contribution is 5.76. The minimum Gasteiger partial charge on any atom is -0.356 e. The molecule has 1 atom stereocenters. The normalized spacial score (nSPS) is 18.4. The van der Waals surface area contributed by atoms with Gasteiger partial charge in [-0.15, -0.1) is 0 Å². The van der Waals surface area contributed by atoms with E-state index in [1.807, 2.05) is 25.1 Å². The van der Waals surface area contributed by atoms with Crippen LogP contribution in [0.1, 0.15) is 32.4 Å². The van der Waals surface area contributed by atoms with E-state index < -0.39 is 5.79 Å². The summed E-state index contributed by atoms with van der Waals surface area (Å²) in [6.45, 7) is 6.00. The molecule has 1 aliphatic heterocycles. The zero-order chi connectivity index (χ0) is 15.1. The van der Waals surface area contributed by atoms with Crippen LogP contribution in [0, 0.1) is 5.92 Å². The van der Waals surface area contributed by atoms with E-state index in [0.717, 1.165) is 12.1 Å². The van der Waals surface area contributed by atoms with Gasteiger partial charge in [-0.1, -0.05) is 13.0 Å². The van der Waals surface area contributed by atoms with Gasteiger partial charge < -0.3 is 14.8 Å². The largest absolute Gasteiger partial charge is 0.356 e. The number of rotatable bonds is 7. The van der Waals surface area contributed by atoms with Crippen LogP contribution in [0.25, 0.3) is 0 Å². The van der Waals surface area contributed by atoms with Crippen LogP contribution < -0.4 is 5.32 Å². The third-order valence-corrected chi connectivity index (χ3v) is 3.60. The smallest absolute Gasteiger partial charge is 0.220 e. The van der Waals surface area contributed by atoms with Crippen molar-refractivity contribution in [2.45, 2.75) is 38.9 Å². The monoisotopic (exact) mass is 292 g/mol. The zero-order valence-corrected chi connectivity index (χ0v) is 12.8. The van der Waals surface area contributed by atoms with E-state index in [-0.39, 0.29) is 5.91 Å². The van der Waals surface area contributed by atoms with E-state index in [4.69, 9.17) is 9.47 Å². The van der Waals surface area contributed by atoms with Gasteiger partial charge in [-0.25, -0.2) is 0 Å². The first kappa shape index (κ1) is 15.9. The number of hydrogen-bond acceptors (Lipinski definition) is 4. The molecule has 1 N–H and O–H groups in total. The number of carbonyl (C=O) groups excluding carboxylic acids is 1. The predicted octanol–water partition coefficient (Wildman–Crippen LogP) is 1.92. The van der Waals surface area contributed by atoms with Crippen molar-refractivity contribution in [3.63, 3.8) is 0 Å². The first-order valence-corrected chi connectivity index (χ1v) is 7.52. The van der Waals surface area contributed by atoms with Crippen molar-refractivity contribution >= 4 is 5.91 Å². The molecule has 116 valence electrons. The van der Waals surface area contributed by atoms with E-state index in [0.29, 0.717) is 38.5 Å². The summed E-state index contributed by atoms with van der Waals surface area (Å²) in [4.78, 5) is 16.0. The van der Waals surface area contributed by atoms with Gasteiger partial charge >= 0.3 is 0 Å². The maximum absolute atomic E-state index is 11.8. The van der Waals surface area contributed by atoms with Gasteiger partial charge in [0, 0.05) is 31.3 Å². The summed E-state index contributed by atoms with van der Waals surface area (Å²) in [5, 5.41) is 2.97. The molecule has 0 spiro atoms. The molecule has 2 heterocycles. The second-order valence-corrected chi connectivity index (χ2v) is 5.77. The van der Waals surface area contributed by atoms with Crippen molar-refractivity contribution in [3.05, 3.63) is 30.1 Å². The number of nitrogens with one attached hydrogen (secondary N) is 1. The van der Waals surface area contributed by atoms with Crippen molar-refractivity contribution in [2.24, 2.45) is 5.92 Å². The van der Waals surface area contributed by atoms with Crippen molar-refractivity contribution in [3.8, 4) is 0 Å². The molecule has 1 saturated heterocycles. The Morgan fingerprint density at radius 2 is 2.19 bits per heavy atom. The quantitative estimate of drug-likeness (QED) is 0.834. The molecular weight excluding hydrogens is 268 g/mol. The van der Waals surface area contributed by atoms with Gasteiger partial charge in [0.1, 0.15) is 0 Å². The van der Waals surface area contributed by atoms with Gasteiger partial charge in [0.05, 0.1) is 13.2 Å². The first-order valence-electron chi connectivity index (χ1n) is 7.52. The predicted molar refractivity (Wildman–Crippen MR) is 79.7 cm³/mol. The lowest BCUT2D eigenvalue weighted by Gasteiger charge is -2.26. The fourth-order valence-electron chi connectivity index (χ4n) is 2.54. The standard InChI is InChI=1S/C16H24N2O3/c1-13(11-16(2)20-9-10-21-16)12-18-15(19)7-6-14-5-3-4-8-17-14/h3-5,8,13H,6-7,9-12H2,1-2H3,(H,18,19)/t13-/m1/s1. The van der Waals surface area contributed by atoms with Gasteiger partial charge in [-0.2, -0.15) is 0 Å². The highest BCUT2D eigenvalue weighted by Gasteiger charge is 2.32. The lowest BCUT2D eigenvalue weighted by molar-refractivity contribution is -0.154.